The zero-order valence-electron chi connectivity index (χ0n) is 19.0. The molecule has 33 heavy (non-hydrogen) atoms. The predicted molar refractivity (Wildman–Crippen MR) is 140 cm³/mol. The van der Waals surface area contributed by atoms with Gasteiger partial charge in [0.25, 0.3) is 0 Å². The third kappa shape index (κ3) is 7.20. The molecule has 0 aliphatic carbocycles. The molecule has 2 aromatic carbocycles. The number of guanidine groups is 1. The molecule has 1 fully saturated rings. The van der Waals surface area contributed by atoms with Gasteiger partial charge in [-0.3, -0.25) is 0 Å². The van der Waals surface area contributed by atoms with Crippen LogP contribution < -0.4 is 15.4 Å². The van der Waals surface area contributed by atoms with Crippen molar-refractivity contribution in [2.45, 2.75) is 39.5 Å². The Balaban J connectivity index is 0.00000306. The highest BCUT2D eigenvalue weighted by Crippen LogP contribution is 2.24. The Morgan fingerprint density at radius 1 is 1.18 bits per heavy atom. The van der Waals surface area contributed by atoms with Crippen LogP contribution in [0.2, 0.25) is 0 Å². The number of hydrogen-bond donors (Lipinski definition) is 2. The van der Waals surface area contributed by atoms with E-state index in [2.05, 4.69) is 40.7 Å². The Hall–Kier alpha value is -2.59. The van der Waals surface area contributed by atoms with Crippen molar-refractivity contribution in [3.8, 4) is 17.1 Å². The standard InChI is InChI=1S/C25H30N4O3.HI/c1-3-26-25(29-16-24-27-15-23(32-24)19-7-5-4-6-8-19)28-14-20-10-9-18(2)13-22(20)31-21-11-12-30-17-21;/h4-10,13,15,21H,3,11-12,14,16-17H2,1-2H3,(H2,26,28,29);1H. The number of aliphatic imine (C=N–C) groups is 1. The number of benzene rings is 2. The predicted octanol–water partition coefficient (Wildman–Crippen LogP) is 4.69. The van der Waals surface area contributed by atoms with Gasteiger partial charge in [-0.15, -0.1) is 24.0 Å². The van der Waals surface area contributed by atoms with Gasteiger partial charge in [0, 0.05) is 24.1 Å². The number of nitrogens with zero attached hydrogens (tertiary/aromatic N) is 2. The summed E-state index contributed by atoms with van der Waals surface area (Å²) in [7, 11) is 0. The zero-order chi connectivity index (χ0) is 22.2. The molecule has 4 rings (SSSR count). The quantitative estimate of drug-likeness (QED) is 0.236. The molecule has 1 aliphatic heterocycles. The minimum Gasteiger partial charge on any atom is -0.488 e. The van der Waals surface area contributed by atoms with E-state index >= 15 is 0 Å². The summed E-state index contributed by atoms with van der Waals surface area (Å²) in [6.07, 6.45) is 2.77. The minimum atomic E-state index is 0. The normalized spacial score (nSPS) is 15.7. The van der Waals surface area contributed by atoms with Gasteiger partial charge in [-0.2, -0.15) is 0 Å². The van der Waals surface area contributed by atoms with Crippen molar-refractivity contribution in [3.63, 3.8) is 0 Å². The van der Waals surface area contributed by atoms with Gasteiger partial charge in [0.2, 0.25) is 5.89 Å². The molecule has 2 N–H and O–H groups in total. The van der Waals surface area contributed by atoms with Crippen LogP contribution in [0.4, 0.5) is 0 Å². The molecule has 0 radical (unpaired) electrons. The first-order valence-electron chi connectivity index (χ1n) is 11.1. The summed E-state index contributed by atoms with van der Waals surface area (Å²) in [5.41, 5.74) is 3.21. The second-order valence-corrected chi connectivity index (χ2v) is 7.75. The van der Waals surface area contributed by atoms with Crippen LogP contribution in [0.3, 0.4) is 0 Å². The molecule has 0 spiro atoms. The fraction of sp³-hybridized carbons (Fsp3) is 0.360. The van der Waals surface area contributed by atoms with Crippen molar-refractivity contribution in [2.75, 3.05) is 19.8 Å². The Kier molecular flexibility index (Phi) is 9.56. The second-order valence-electron chi connectivity index (χ2n) is 7.75. The fourth-order valence-electron chi connectivity index (χ4n) is 3.48. The van der Waals surface area contributed by atoms with Gasteiger partial charge in [-0.05, 0) is 25.5 Å². The lowest BCUT2D eigenvalue weighted by atomic mass is 10.1. The highest BCUT2D eigenvalue weighted by atomic mass is 127. The molecule has 0 amide bonds. The van der Waals surface area contributed by atoms with Crippen molar-refractivity contribution >= 4 is 29.9 Å². The highest BCUT2D eigenvalue weighted by Gasteiger charge is 2.18. The van der Waals surface area contributed by atoms with Gasteiger partial charge >= 0.3 is 0 Å². The molecule has 1 aliphatic rings. The van der Waals surface area contributed by atoms with Crippen LogP contribution in [0, 0.1) is 6.92 Å². The van der Waals surface area contributed by atoms with Crippen LogP contribution in [-0.2, 0) is 17.8 Å². The molecule has 1 unspecified atom stereocenters. The number of aromatic nitrogens is 1. The molecule has 176 valence electrons. The van der Waals surface area contributed by atoms with E-state index in [4.69, 9.17) is 18.9 Å². The average Bonchev–Trinajstić information content (AvgIpc) is 3.50. The van der Waals surface area contributed by atoms with Gasteiger partial charge in [0.15, 0.2) is 11.7 Å². The fourth-order valence-corrected chi connectivity index (χ4v) is 3.48. The van der Waals surface area contributed by atoms with E-state index in [0.717, 1.165) is 47.8 Å². The monoisotopic (exact) mass is 562 g/mol. The maximum atomic E-state index is 6.19. The summed E-state index contributed by atoms with van der Waals surface area (Å²) in [5, 5.41) is 6.57. The van der Waals surface area contributed by atoms with Crippen LogP contribution in [0.5, 0.6) is 5.75 Å². The molecule has 1 aromatic heterocycles. The number of aryl methyl sites for hydroxylation is 1. The Labute approximate surface area is 212 Å². The van der Waals surface area contributed by atoms with Crippen LogP contribution in [0.1, 0.15) is 30.4 Å². The zero-order valence-corrected chi connectivity index (χ0v) is 21.4. The molecule has 7 nitrogen and oxygen atoms in total. The summed E-state index contributed by atoms with van der Waals surface area (Å²) in [6.45, 7) is 7.19. The van der Waals surface area contributed by atoms with E-state index in [1.54, 1.807) is 6.20 Å². The first-order chi connectivity index (χ1) is 15.7. The van der Waals surface area contributed by atoms with E-state index in [9.17, 15) is 0 Å². The number of hydrogen-bond acceptors (Lipinski definition) is 5. The summed E-state index contributed by atoms with van der Waals surface area (Å²) < 4.78 is 17.5. The largest absolute Gasteiger partial charge is 0.488 e. The topological polar surface area (TPSA) is 80.9 Å². The maximum absolute atomic E-state index is 6.19. The molecule has 3 aromatic rings. The Bertz CT molecular complexity index is 1030. The molecule has 1 saturated heterocycles. The number of rotatable bonds is 8. The SMILES string of the molecule is CCNC(=NCc1ccc(C)cc1OC1CCOC1)NCc1ncc(-c2ccccc2)o1.I. The molecule has 0 saturated carbocycles. The third-order valence-electron chi connectivity index (χ3n) is 5.17. The number of nitrogens with one attached hydrogen (secondary N) is 2. The van der Waals surface area contributed by atoms with Crippen molar-refractivity contribution in [1.29, 1.82) is 0 Å². The number of ether oxygens (including phenoxy) is 2. The van der Waals surface area contributed by atoms with E-state index in [1.807, 2.05) is 37.3 Å². The van der Waals surface area contributed by atoms with Gasteiger partial charge < -0.3 is 24.5 Å². The minimum absolute atomic E-state index is 0. The average molecular weight is 562 g/mol. The smallest absolute Gasteiger partial charge is 0.214 e. The molecular weight excluding hydrogens is 531 g/mol. The van der Waals surface area contributed by atoms with Crippen LogP contribution in [0.15, 0.2) is 64.1 Å². The lowest BCUT2D eigenvalue weighted by molar-refractivity contribution is 0.140. The molecule has 1 atom stereocenters. The summed E-state index contributed by atoms with van der Waals surface area (Å²) in [5.74, 6) is 2.93. The maximum Gasteiger partial charge on any atom is 0.214 e. The van der Waals surface area contributed by atoms with Crippen LogP contribution in [-0.4, -0.2) is 36.8 Å². The Morgan fingerprint density at radius 3 is 2.79 bits per heavy atom. The first-order valence-corrected chi connectivity index (χ1v) is 11.1. The summed E-state index contributed by atoms with van der Waals surface area (Å²) in [6, 6.07) is 16.2. The summed E-state index contributed by atoms with van der Waals surface area (Å²) >= 11 is 0. The van der Waals surface area contributed by atoms with E-state index < -0.39 is 0 Å². The van der Waals surface area contributed by atoms with Gasteiger partial charge in [0.05, 0.1) is 32.5 Å². The van der Waals surface area contributed by atoms with Crippen LogP contribution >= 0.6 is 24.0 Å². The van der Waals surface area contributed by atoms with Gasteiger partial charge in [-0.25, -0.2) is 9.98 Å². The third-order valence-corrected chi connectivity index (χ3v) is 5.17. The molecule has 0 bridgehead atoms. The molecule has 2 heterocycles. The van der Waals surface area contributed by atoms with Crippen molar-refractivity contribution in [3.05, 3.63) is 71.7 Å². The second kappa shape index (κ2) is 12.6. The lowest BCUT2D eigenvalue weighted by Crippen LogP contribution is -2.36. The number of oxazole rings is 1. The van der Waals surface area contributed by atoms with E-state index in [1.165, 1.54) is 0 Å². The molecule has 8 heteroatoms. The number of halogens is 1. The van der Waals surface area contributed by atoms with Crippen molar-refractivity contribution < 1.29 is 13.9 Å². The first kappa shape index (κ1) is 25.0. The van der Waals surface area contributed by atoms with E-state index in [-0.39, 0.29) is 30.1 Å². The lowest BCUT2D eigenvalue weighted by Gasteiger charge is -2.16. The molecular formula is C25H31IN4O3. The van der Waals surface area contributed by atoms with Crippen molar-refractivity contribution in [1.82, 2.24) is 15.6 Å². The summed E-state index contributed by atoms with van der Waals surface area (Å²) in [4.78, 5) is 9.12. The van der Waals surface area contributed by atoms with E-state index in [0.29, 0.717) is 31.5 Å². The van der Waals surface area contributed by atoms with Crippen molar-refractivity contribution in [2.24, 2.45) is 4.99 Å². The van der Waals surface area contributed by atoms with Gasteiger partial charge in [-0.1, -0.05) is 42.5 Å². The van der Waals surface area contributed by atoms with Crippen LogP contribution in [0.25, 0.3) is 11.3 Å². The Morgan fingerprint density at radius 2 is 2.03 bits per heavy atom. The van der Waals surface area contributed by atoms with Gasteiger partial charge in [0.1, 0.15) is 11.9 Å². The highest BCUT2D eigenvalue weighted by molar-refractivity contribution is 14.0.